The largest absolute Gasteiger partial charge is 0.346 e. The first kappa shape index (κ1) is 11.8. The highest BCUT2D eigenvalue weighted by Crippen LogP contribution is 2.16. The third kappa shape index (κ3) is 3.42. The SMILES string of the molecule is CC(C)NC(=O)N(O)c1ccc(Cl)cc1. The molecule has 0 atom stereocenters. The van der Waals surface area contributed by atoms with Crippen LogP contribution in [0, 0.1) is 0 Å². The van der Waals surface area contributed by atoms with Crippen molar-refractivity contribution in [1.82, 2.24) is 5.32 Å². The quantitative estimate of drug-likeness (QED) is 0.604. The van der Waals surface area contributed by atoms with Crippen molar-refractivity contribution in [3.63, 3.8) is 0 Å². The van der Waals surface area contributed by atoms with E-state index in [0.29, 0.717) is 15.8 Å². The predicted octanol–water partition coefficient (Wildman–Crippen LogP) is 2.65. The fourth-order valence-corrected chi connectivity index (χ4v) is 1.13. The molecule has 4 nitrogen and oxygen atoms in total. The van der Waals surface area contributed by atoms with E-state index >= 15 is 0 Å². The zero-order valence-corrected chi connectivity index (χ0v) is 9.32. The van der Waals surface area contributed by atoms with Gasteiger partial charge in [-0.05, 0) is 38.1 Å². The summed E-state index contributed by atoms with van der Waals surface area (Å²) in [6.45, 7) is 3.63. The standard InChI is InChI=1S/C10H13ClN2O2/c1-7(2)12-10(14)13(15)9-5-3-8(11)4-6-9/h3-7,15H,1-2H3,(H,12,14). The minimum absolute atomic E-state index is 0.0283. The van der Waals surface area contributed by atoms with E-state index in [2.05, 4.69) is 5.32 Å². The van der Waals surface area contributed by atoms with Crippen LogP contribution in [0.15, 0.2) is 24.3 Å². The van der Waals surface area contributed by atoms with Crippen molar-refractivity contribution in [3.05, 3.63) is 29.3 Å². The van der Waals surface area contributed by atoms with Crippen molar-refractivity contribution in [2.45, 2.75) is 19.9 Å². The van der Waals surface area contributed by atoms with Crippen LogP contribution in [0.4, 0.5) is 10.5 Å². The number of hydrogen-bond donors (Lipinski definition) is 2. The highest BCUT2D eigenvalue weighted by atomic mass is 35.5. The summed E-state index contributed by atoms with van der Waals surface area (Å²) in [5.74, 6) is 0. The van der Waals surface area contributed by atoms with E-state index in [1.165, 1.54) is 0 Å². The third-order valence-electron chi connectivity index (χ3n) is 1.68. The molecule has 0 saturated carbocycles. The van der Waals surface area contributed by atoms with Gasteiger partial charge in [0.1, 0.15) is 0 Å². The molecule has 0 spiro atoms. The normalized spacial score (nSPS) is 10.2. The second-order valence-electron chi connectivity index (χ2n) is 3.39. The molecule has 1 aromatic rings. The Bertz CT molecular complexity index is 338. The maximum absolute atomic E-state index is 11.4. The molecular formula is C10H13ClN2O2. The Morgan fingerprint density at radius 2 is 1.93 bits per heavy atom. The maximum atomic E-state index is 11.4. The van der Waals surface area contributed by atoms with Gasteiger partial charge in [-0.2, -0.15) is 5.06 Å². The summed E-state index contributed by atoms with van der Waals surface area (Å²) in [7, 11) is 0. The van der Waals surface area contributed by atoms with E-state index in [9.17, 15) is 10.0 Å². The molecule has 1 aromatic carbocycles. The zero-order valence-electron chi connectivity index (χ0n) is 8.57. The van der Waals surface area contributed by atoms with Crippen LogP contribution < -0.4 is 10.4 Å². The lowest BCUT2D eigenvalue weighted by atomic mass is 10.3. The lowest BCUT2D eigenvalue weighted by Gasteiger charge is -2.17. The summed E-state index contributed by atoms with van der Waals surface area (Å²) in [5.41, 5.74) is 0.373. The molecule has 0 saturated heterocycles. The highest BCUT2D eigenvalue weighted by molar-refractivity contribution is 6.30. The Labute approximate surface area is 93.4 Å². The average Bonchev–Trinajstić information content (AvgIpc) is 2.17. The Kier molecular flexibility index (Phi) is 3.94. The van der Waals surface area contributed by atoms with Crippen LogP contribution in [0.3, 0.4) is 0 Å². The number of urea groups is 1. The lowest BCUT2D eigenvalue weighted by molar-refractivity contribution is 0.202. The van der Waals surface area contributed by atoms with Gasteiger partial charge in [0, 0.05) is 11.1 Å². The second kappa shape index (κ2) is 5.00. The van der Waals surface area contributed by atoms with E-state index in [0.717, 1.165) is 0 Å². The van der Waals surface area contributed by atoms with Gasteiger partial charge in [-0.25, -0.2) is 4.79 Å². The summed E-state index contributed by atoms with van der Waals surface area (Å²) < 4.78 is 0. The number of carbonyl (C=O) groups is 1. The van der Waals surface area contributed by atoms with E-state index in [1.807, 2.05) is 13.8 Å². The zero-order chi connectivity index (χ0) is 11.4. The van der Waals surface area contributed by atoms with Crippen LogP contribution in [0.2, 0.25) is 5.02 Å². The summed E-state index contributed by atoms with van der Waals surface area (Å²) in [6, 6.07) is 5.72. The predicted molar refractivity (Wildman–Crippen MR) is 59.4 cm³/mol. The smallest absolute Gasteiger partial charge is 0.334 e. The van der Waals surface area contributed by atoms with E-state index < -0.39 is 6.03 Å². The van der Waals surface area contributed by atoms with Gasteiger partial charge in [-0.1, -0.05) is 11.6 Å². The van der Waals surface area contributed by atoms with Crippen LogP contribution in [-0.2, 0) is 0 Å². The molecule has 5 heteroatoms. The number of hydroxylamine groups is 1. The number of nitrogens with zero attached hydrogens (tertiary/aromatic N) is 1. The Morgan fingerprint density at radius 3 is 2.40 bits per heavy atom. The Hall–Kier alpha value is -1.26. The molecule has 0 fully saturated rings. The number of rotatable bonds is 2. The number of benzene rings is 1. The number of hydrogen-bond acceptors (Lipinski definition) is 2. The van der Waals surface area contributed by atoms with Crippen molar-refractivity contribution in [2.75, 3.05) is 5.06 Å². The molecule has 0 heterocycles. The Balaban J connectivity index is 2.71. The van der Waals surface area contributed by atoms with Gasteiger partial charge >= 0.3 is 6.03 Å². The lowest BCUT2D eigenvalue weighted by Crippen LogP contribution is -2.41. The van der Waals surface area contributed by atoms with Crippen LogP contribution in [0.25, 0.3) is 0 Å². The first-order chi connectivity index (χ1) is 7.00. The summed E-state index contributed by atoms with van der Waals surface area (Å²) in [4.78, 5) is 11.4. The first-order valence-electron chi connectivity index (χ1n) is 4.56. The highest BCUT2D eigenvalue weighted by Gasteiger charge is 2.13. The molecule has 0 aromatic heterocycles. The van der Waals surface area contributed by atoms with Gasteiger partial charge in [0.25, 0.3) is 0 Å². The van der Waals surface area contributed by atoms with Crippen molar-refractivity contribution >= 4 is 23.3 Å². The molecule has 1 rings (SSSR count). The number of nitrogens with one attached hydrogen (secondary N) is 1. The number of halogens is 1. The molecule has 0 unspecified atom stereocenters. The van der Waals surface area contributed by atoms with Crippen LogP contribution in [-0.4, -0.2) is 17.3 Å². The van der Waals surface area contributed by atoms with Gasteiger partial charge in [0.05, 0.1) is 5.69 Å². The molecule has 15 heavy (non-hydrogen) atoms. The number of anilines is 1. The fourth-order valence-electron chi connectivity index (χ4n) is 1.01. The minimum atomic E-state index is -0.563. The molecule has 0 bridgehead atoms. The van der Waals surface area contributed by atoms with Gasteiger partial charge in [0.2, 0.25) is 0 Å². The van der Waals surface area contributed by atoms with Gasteiger partial charge in [-0.3, -0.25) is 5.21 Å². The number of amides is 2. The Morgan fingerprint density at radius 1 is 1.40 bits per heavy atom. The van der Waals surface area contributed by atoms with E-state index in [4.69, 9.17) is 11.6 Å². The molecule has 0 aliphatic heterocycles. The molecule has 0 radical (unpaired) electrons. The maximum Gasteiger partial charge on any atom is 0.346 e. The van der Waals surface area contributed by atoms with Crippen LogP contribution in [0.1, 0.15) is 13.8 Å². The second-order valence-corrected chi connectivity index (χ2v) is 3.83. The first-order valence-corrected chi connectivity index (χ1v) is 4.93. The molecular weight excluding hydrogens is 216 g/mol. The molecule has 2 N–H and O–H groups in total. The van der Waals surface area contributed by atoms with Crippen LogP contribution in [0.5, 0.6) is 0 Å². The number of carbonyl (C=O) groups excluding carboxylic acids is 1. The molecule has 82 valence electrons. The summed E-state index contributed by atoms with van der Waals surface area (Å²) >= 11 is 5.68. The van der Waals surface area contributed by atoms with Crippen molar-refractivity contribution < 1.29 is 10.0 Å². The molecule has 0 aliphatic rings. The topological polar surface area (TPSA) is 52.6 Å². The van der Waals surface area contributed by atoms with Crippen molar-refractivity contribution in [2.24, 2.45) is 0 Å². The van der Waals surface area contributed by atoms with Gasteiger partial charge in [0.15, 0.2) is 0 Å². The fraction of sp³-hybridized carbons (Fsp3) is 0.300. The monoisotopic (exact) mass is 228 g/mol. The van der Waals surface area contributed by atoms with Crippen molar-refractivity contribution in [1.29, 1.82) is 0 Å². The summed E-state index contributed by atoms with van der Waals surface area (Å²) in [6.07, 6.45) is 0. The van der Waals surface area contributed by atoms with Gasteiger partial charge < -0.3 is 5.32 Å². The molecule has 0 aliphatic carbocycles. The van der Waals surface area contributed by atoms with Gasteiger partial charge in [-0.15, -0.1) is 0 Å². The summed E-state index contributed by atoms with van der Waals surface area (Å²) in [5, 5.41) is 13.2. The minimum Gasteiger partial charge on any atom is -0.334 e. The third-order valence-corrected chi connectivity index (χ3v) is 1.93. The van der Waals surface area contributed by atoms with Crippen molar-refractivity contribution in [3.8, 4) is 0 Å². The van der Waals surface area contributed by atoms with E-state index in [-0.39, 0.29) is 6.04 Å². The average molecular weight is 229 g/mol. The van der Waals surface area contributed by atoms with E-state index in [1.54, 1.807) is 24.3 Å². The molecule has 2 amide bonds. The van der Waals surface area contributed by atoms with Crippen LogP contribution >= 0.6 is 11.6 Å².